The number of carbonyl (C=O) groups is 3. The van der Waals surface area contributed by atoms with Gasteiger partial charge >= 0.3 is 17.9 Å². The number of allylic oxidation sites excluding steroid dienone is 3. The fourth-order valence-corrected chi connectivity index (χ4v) is 16.9. The Kier molecular flexibility index (Phi) is 31.1. The lowest BCUT2D eigenvalue weighted by Gasteiger charge is -2.49. The molecule has 6 heterocycles. The number of carbonyl (C=O) groups excluding carboxylic acids is 3. The molecular weight excluding hydrogens is 1460 g/mol. The van der Waals surface area contributed by atoms with Crippen molar-refractivity contribution in [1.82, 2.24) is 0 Å². The van der Waals surface area contributed by atoms with Crippen LogP contribution in [0, 0.1) is 29.6 Å². The molecule has 0 spiro atoms. The maximum absolute atomic E-state index is 13.2. The number of fused-ring (bicyclic) bond motifs is 1. The Bertz CT molecular complexity index is 2930. The predicted molar refractivity (Wildman–Crippen MR) is 361 cm³/mol. The van der Waals surface area contributed by atoms with Crippen LogP contribution in [0.25, 0.3) is 0 Å². The summed E-state index contributed by atoms with van der Waals surface area (Å²) in [5, 5.41) is 215. The van der Waals surface area contributed by atoms with E-state index in [1.807, 2.05) is 0 Å². The lowest BCUT2D eigenvalue weighted by atomic mass is 9.72. The Balaban J connectivity index is 0.642. The second kappa shape index (κ2) is 39.4. The highest BCUT2D eigenvalue weighted by Gasteiger charge is 2.58. The van der Waals surface area contributed by atoms with Crippen molar-refractivity contribution >= 4 is 17.9 Å². The summed E-state index contributed by atoms with van der Waals surface area (Å²) in [6, 6.07) is 0. The van der Waals surface area contributed by atoms with E-state index in [1.54, 1.807) is 18.2 Å². The van der Waals surface area contributed by atoms with Gasteiger partial charge in [-0.1, -0.05) is 18.2 Å². The summed E-state index contributed by atoms with van der Waals surface area (Å²) in [6.07, 6.45) is -33.2. The normalized spacial score (nSPS) is 48.2. The molecule has 11 fully saturated rings. The highest BCUT2D eigenvalue weighted by molar-refractivity contribution is 5.82. The molecule has 6 aliphatic heterocycles. The molecule has 5 saturated carbocycles. The Morgan fingerprint density at radius 1 is 0.330 bits per heavy atom. The van der Waals surface area contributed by atoms with Crippen molar-refractivity contribution in [2.45, 2.75) is 330 Å². The van der Waals surface area contributed by atoms with Crippen LogP contribution >= 0.6 is 0 Å². The van der Waals surface area contributed by atoms with Crippen molar-refractivity contribution in [1.29, 1.82) is 0 Å². The van der Waals surface area contributed by atoms with Crippen molar-refractivity contribution in [2.24, 2.45) is 29.6 Å². The third kappa shape index (κ3) is 21.5. The first-order valence-corrected chi connectivity index (χ1v) is 38.3. The molecule has 0 radical (unpaired) electrons. The number of aliphatic hydroxyl groups is 22. The zero-order chi connectivity index (χ0) is 78.2. The number of esters is 3. The van der Waals surface area contributed by atoms with E-state index in [0.29, 0.717) is 77.0 Å². The number of aliphatic hydroxyl groups excluding tert-OH is 20. The predicted octanol–water partition coefficient (Wildman–Crippen LogP) is -7.23. The molecule has 109 heavy (non-hydrogen) atoms. The molecule has 11 rings (SSSR count). The molecule has 5 aliphatic carbocycles. The lowest BCUT2D eigenvalue weighted by Crippen LogP contribution is -2.64. The zero-order valence-electron chi connectivity index (χ0n) is 60.2. The van der Waals surface area contributed by atoms with E-state index < -0.39 is 265 Å². The number of ether oxygens (including phenoxy) is 14. The van der Waals surface area contributed by atoms with Gasteiger partial charge < -0.3 is 168 Å². The van der Waals surface area contributed by atoms with Crippen molar-refractivity contribution in [2.75, 3.05) is 33.0 Å². The third-order valence-electron chi connectivity index (χ3n) is 23.7. The fraction of sp³-hybridized carbons (Fsp3) is 0.875. The van der Waals surface area contributed by atoms with Gasteiger partial charge in [-0.25, -0.2) is 14.4 Å². The first-order chi connectivity index (χ1) is 52.1. The maximum Gasteiger partial charge on any atom is 0.330 e. The summed E-state index contributed by atoms with van der Waals surface area (Å²) >= 11 is 0. The summed E-state index contributed by atoms with van der Waals surface area (Å²) in [5.41, 5.74) is 0. The van der Waals surface area contributed by atoms with E-state index in [0.717, 1.165) is 0 Å². The zero-order valence-corrected chi connectivity index (χ0v) is 60.2. The Labute approximate surface area is 627 Å². The van der Waals surface area contributed by atoms with Crippen LogP contribution in [-0.4, -0.2) is 372 Å². The molecule has 0 bridgehead atoms. The largest absolute Gasteiger partial charge is 0.460 e. The van der Waals surface area contributed by atoms with Crippen LogP contribution in [0.2, 0.25) is 0 Å². The smallest absolute Gasteiger partial charge is 0.330 e. The fourth-order valence-electron chi connectivity index (χ4n) is 16.9. The number of hydrogen-bond acceptors (Lipinski definition) is 36. The van der Waals surface area contributed by atoms with Gasteiger partial charge in [0.05, 0.1) is 61.9 Å². The van der Waals surface area contributed by atoms with Gasteiger partial charge in [-0.15, -0.1) is 0 Å². The van der Waals surface area contributed by atoms with Crippen LogP contribution in [0.5, 0.6) is 0 Å². The van der Waals surface area contributed by atoms with Crippen LogP contribution in [0.15, 0.2) is 36.5 Å². The summed E-state index contributed by atoms with van der Waals surface area (Å²) in [7, 11) is 0. The molecule has 37 heteroatoms. The first kappa shape index (κ1) is 86.3. The molecule has 34 atom stereocenters. The Morgan fingerprint density at radius 2 is 0.670 bits per heavy atom. The Hall–Kier alpha value is -3.61. The van der Waals surface area contributed by atoms with Crippen molar-refractivity contribution < 1.29 is 183 Å². The van der Waals surface area contributed by atoms with Crippen LogP contribution in [0.4, 0.5) is 0 Å². The highest BCUT2D eigenvalue weighted by atomic mass is 16.7. The quantitative estimate of drug-likeness (QED) is 0.0175. The average Bonchev–Trinajstić information content (AvgIpc) is 0.766. The van der Waals surface area contributed by atoms with Crippen molar-refractivity contribution in [3.05, 3.63) is 36.5 Å². The standard InChI is InChI=1S/C72H112O37/c73-25-44-52(81)57(86)62(91)68(105-44)99-35-13-3-31(4-14-35)8-19-50(79)96-27-46-54(83)59(88)63(92)69(107-46)100-36-15-5-32(6-16-36)9-20-51(80)98-29-48-56(85)61(90)66(95)71(109-48)103-42-21-33(10-17-39(42)76)67-43(104-72-65(94)58(87)53(82)45(26-74)106-72)24-38-40(77)22-37(23-41(38)102-67)101-70-64(93)60(89)55(84)47(108-70)28-97-49(78)18-7-30-1-11-34(75)12-2-30/h7-9,18-20,30-48,52-77,81-95H,1-6,10-17,21-29H2/p+1. The summed E-state index contributed by atoms with van der Waals surface area (Å²) in [5.74, 6) is -3.79. The van der Waals surface area contributed by atoms with E-state index >= 15 is 0 Å². The second-order valence-electron chi connectivity index (χ2n) is 31.2. The maximum atomic E-state index is 13.2. The first-order valence-electron chi connectivity index (χ1n) is 38.3. The van der Waals surface area contributed by atoms with Crippen LogP contribution in [0.3, 0.4) is 0 Å². The van der Waals surface area contributed by atoms with Crippen LogP contribution < -0.4 is 0 Å². The van der Waals surface area contributed by atoms with E-state index in [-0.39, 0.29) is 68.5 Å². The Morgan fingerprint density at radius 3 is 1.06 bits per heavy atom. The molecular formula is C72H113O37+. The summed E-state index contributed by atoms with van der Waals surface area (Å²) in [6.45, 7) is -3.03. The highest BCUT2D eigenvalue weighted by Crippen LogP contribution is 2.45. The van der Waals surface area contributed by atoms with Gasteiger partial charge in [-0.3, -0.25) is 0 Å². The van der Waals surface area contributed by atoms with Gasteiger partial charge in [0.1, 0.15) is 148 Å². The van der Waals surface area contributed by atoms with Gasteiger partial charge in [0.15, 0.2) is 43.7 Å². The second-order valence-corrected chi connectivity index (χ2v) is 31.2. The molecule has 37 nitrogen and oxygen atoms in total. The SMILES string of the molecule is O=C(C=CC1CCC(OC2OC(CO)C(O)C(O)C2O)CC1)OCC1OC(OC2CCC(C=CC(=O)OCC3OC(OC4CC(C5[OH+]C6CC(OC7OC(COC(=O)C=CC8CCC(O)CC8)C(O)C(O)C7O)CC(O)C6CC5OC5OC(CO)C(O)C(O)C5O)CCC4O)C(O)C(O)C3O)CC2)C(O)C(O)C1O. The molecule has 34 unspecified atom stereocenters. The molecule has 622 valence electrons. The molecule has 0 aromatic carbocycles. The van der Waals surface area contributed by atoms with Gasteiger partial charge in [0, 0.05) is 37.0 Å². The molecule has 6 saturated heterocycles. The average molecular weight is 1570 g/mol. The minimum Gasteiger partial charge on any atom is -0.460 e. The summed E-state index contributed by atoms with van der Waals surface area (Å²) < 4.78 is 81.1. The lowest BCUT2D eigenvalue weighted by molar-refractivity contribution is -0.364. The van der Waals surface area contributed by atoms with Crippen molar-refractivity contribution in [3.8, 4) is 0 Å². The number of hydrogen-bond donors (Lipinski definition) is 20. The van der Waals surface area contributed by atoms with Crippen molar-refractivity contribution in [3.63, 3.8) is 0 Å². The minimum atomic E-state index is -1.91. The van der Waals surface area contributed by atoms with Gasteiger partial charge in [0.2, 0.25) is 0 Å². The molecule has 21 N–H and O–H groups in total. The van der Waals surface area contributed by atoms with Crippen LogP contribution in [-0.2, 0) is 76.0 Å². The van der Waals surface area contributed by atoms with E-state index in [1.165, 1.54) is 18.2 Å². The molecule has 0 aromatic rings. The van der Waals surface area contributed by atoms with Gasteiger partial charge in [0.25, 0.3) is 0 Å². The third-order valence-corrected chi connectivity index (χ3v) is 23.7. The number of rotatable bonds is 25. The minimum absolute atomic E-state index is 0.0341. The van der Waals surface area contributed by atoms with Crippen LogP contribution in [0.1, 0.15) is 116 Å². The van der Waals surface area contributed by atoms with Gasteiger partial charge in [-0.2, -0.15) is 0 Å². The summed E-state index contributed by atoms with van der Waals surface area (Å²) in [4.78, 5) is 38.7. The van der Waals surface area contributed by atoms with Gasteiger partial charge in [-0.05, 0) is 120 Å². The monoisotopic (exact) mass is 1570 g/mol. The topological polar surface area (TPSA) is 589 Å². The van der Waals surface area contributed by atoms with E-state index in [9.17, 15) is 117 Å². The molecule has 11 aliphatic rings. The molecule has 0 amide bonds. The molecule has 0 aromatic heterocycles. The van der Waals surface area contributed by atoms with E-state index in [4.69, 9.17) is 66.3 Å². The van der Waals surface area contributed by atoms with E-state index in [2.05, 4.69) is 0 Å².